The minimum atomic E-state index is 0.571. The van der Waals surface area contributed by atoms with Crippen LogP contribution in [0.5, 0.6) is 0 Å². The monoisotopic (exact) mass is 158 g/mol. The second kappa shape index (κ2) is 3.08. The van der Waals surface area contributed by atoms with Gasteiger partial charge >= 0.3 is 0 Å². The Morgan fingerprint density at radius 1 is 1.78 bits per heavy atom. The van der Waals surface area contributed by atoms with Gasteiger partial charge in [-0.2, -0.15) is 0 Å². The van der Waals surface area contributed by atoms with Gasteiger partial charge in [0, 0.05) is 11.1 Å². The second-order valence-corrected chi connectivity index (χ2v) is 2.76. The number of pyridine rings is 1. The summed E-state index contributed by atoms with van der Waals surface area (Å²) in [7, 11) is 0. The highest BCUT2D eigenvalue weighted by atomic mass is 35.5. The summed E-state index contributed by atoms with van der Waals surface area (Å²) >= 11 is 7.21. The van der Waals surface area contributed by atoms with Crippen molar-refractivity contribution in [2.24, 2.45) is 0 Å². The SMILES string of the molecule is CSc1cn[c]c(Cl)c1. The lowest BCUT2D eigenvalue weighted by atomic mass is 10.5. The minimum absolute atomic E-state index is 0.571. The molecule has 0 N–H and O–H groups in total. The topological polar surface area (TPSA) is 12.9 Å². The second-order valence-electron chi connectivity index (χ2n) is 1.47. The van der Waals surface area contributed by atoms with Crippen LogP contribution >= 0.6 is 23.4 Å². The van der Waals surface area contributed by atoms with E-state index in [4.69, 9.17) is 11.6 Å². The largest absolute Gasteiger partial charge is 0.252 e. The molecule has 1 nitrogen and oxygen atoms in total. The van der Waals surface area contributed by atoms with Gasteiger partial charge in [0.25, 0.3) is 0 Å². The van der Waals surface area contributed by atoms with Crippen LogP contribution in [0.4, 0.5) is 0 Å². The van der Waals surface area contributed by atoms with Gasteiger partial charge in [0.2, 0.25) is 0 Å². The van der Waals surface area contributed by atoms with Crippen molar-refractivity contribution in [3.05, 3.63) is 23.5 Å². The summed E-state index contributed by atoms with van der Waals surface area (Å²) in [4.78, 5) is 4.85. The number of thioether (sulfide) groups is 1. The highest BCUT2D eigenvalue weighted by Gasteiger charge is 1.90. The van der Waals surface area contributed by atoms with Crippen molar-refractivity contribution in [1.29, 1.82) is 0 Å². The zero-order valence-corrected chi connectivity index (χ0v) is 6.46. The minimum Gasteiger partial charge on any atom is -0.252 e. The predicted molar refractivity (Wildman–Crippen MR) is 39.9 cm³/mol. The van der Waals surface area contributed by atoms with E-state index < -0.39 is 0 Å². The van der Waals surface area contributed by atoms with Crippen molar-refractivity contribution in [3.63, 3.8) is 0 Å². The van der Waals surface area contributed by atoms with Gasteiger partial charge in [-0.1, -0.05) is 11.6 Å². The lowest BCUT2D eigenvalue weighted by molar-refractivity contribution is 1.23. The summed E-state index contributed by atoms with van der Waals surface area (Å²) < 4.78 is 0. The Hall–Kier alpha value is -0.210. The van der Waals surface area contributed by atoms with Crippen LogP contribution in [0.2, 0.25) is 5.02 Å². The highest BCUT2D eigenvalue weighted by Crippen LogP contribution is 2.16. The number of hydrogen-bond acceptors (Lipinski definition) is 2. The van der Waals surface area contributed by atoms with Crippen LogP contribution in [0.3, 0.4) is 0 Å². The number of nitrogens with zero attached hydrogens (tertiary/aromatic N) is 1. The van der Waals surface area contributed by atoms with E-state index in [9.17, 15) is 0 Å². The molecule has 0 aliphatic carbocycles. The van der Waals surface area contributed by atoms with Gasteiger partial charge in [-0.3, -0.25) is 4.98 Å². The molecule has 0 aliphatic heterocycles. The molecule has 0 unspecified atom stereocenters. The average Bonchev–Trinajstić information content (AvgIpc) is 1.88. The summed E-state index contributed by atoms with van der Waals surface area (Å²) in [6.45, 7) is 0. The van der Waals surface area contributed by atoms with Gasteiger partial charge in [0.05, 0.1) is 5.02 Å². The molecule has 1 heterocycles. The Morgan fingerprint density at radius 2 is 2.56 bits per heavy atom. The van der Waals surface area contributed by atoms with Gasteiger partial charge in [-0.15, -0.1) is 11.8 Å². The molecule has 0 bridgehead atoms. The maximum Gasteiger partial charge on any atom is 0.109 e. The fourth-order valence-corrected chi connectivity index (χ4v) is 1.09. The molecular formula is C6H5ClNS. The predicted octanol–water partition coefficient (Wildman–Crippen LogP) is 2.26. The van der Waals surface area contributed by atoms with Crippen LogP contribution < -0.4 is 0 Å². The molecule has 1 rings (SSSR count). The molecule has 0 atom stereocenters. The first kappa shape index (κ1) is 6.90. The summed E-state index contributed by atoms with van der Waals surface area (Å²) in [6.07, 6.45) is 6.32. The van der Waals surface area contributed by atoms with E-state index in [2.05, 4.69) is 11.2 Å². The maximum atomic E-state index is 5.59. The Morgan fingerprint density at radius 3 is 3.00 bits per heavy atom. The molecule has 0 saturated heterocycles. The van der Waals surface area contributed by atoms with E-state index >= 15 is 0 Å². The molecule has 0 aliphatic rings. The molecule has 0 saturated carbocycles. The van der Waals surface area contributed by atoms with Crippen molar-refractivity contribution in [2.75, 3.05) is 6.26 Å². The van der Waals surface area contributed by atoms with Gasteiger partial charge in [-0.05, 0) is 12.3 Å². The molecule has 0 aromatic carbocycles. The van der Waals surface area contributed by atoms with Crippen LogP contribution in [0.15, 0.2) is 17.2 Å². The van der Waals surface area contributed by atoms with Crippen molar-refractivity contribution >= 4 is 23.4 Å². The van der Waals surface area contributed by atoms with E-state index in [1.807, 2.05) is 12.3 Å². The van der Waals surface area contributed by atoms with Crippen LogP contribution in [0, 0.1) is 6.20 Å². The van der Waals surface area contributed by atoms with E-state index in [1.54, 1.807) is 18.0 Å². The zero-order chi connectivity index (χ0) is 6.69. The fourth-order valence-electron chi connectivity index (χ4n) is 0.464. The molecule has 47 valence electrons. The van der Waals surface area contributed by atoms with E-state index in [0.717, 1.165) is 4.90 Å². The lowest BCUT2D eigenvalue weighted by Crippen LogP contribution is -1.73. The molecule has 3 heteroatoms. The van der Waals surface area contributed by atoms with Crippen molar-refractivity contribution < 1.29 is 0 Å². The molecule has 1 aromatic rings. The van der Waals surface area contributed by atoms with Gasteiger partial charge < -0.3 is 0 Å². The first-order chi connectivity index (χ1) is 4.33. The Labute approximate surface area is 63.4 Å². The number of halogens is 1. The quantitative estimate of drug-likeness (QED) is 0.582. The number of hydrogen-bond donors (Lipinski definition) is 0. The maximum absolute atomic E-state index is 5.59. The summed E-state index contributed by atoms with van der Waals surface area (Å²) in [5.41, 5.74) is 0. The third-order valence-corrected chi connectivity index (χ3v) is 1.76. The zero-order valence-electron chi connectivity index (χ0n) is 4.89. The lowest BCUT2D eigenvalue weighted by Gasteiger charge is -1.91. The van der Waals surface area contributed by atoms with Crippen molar-refractivity contribution in [3.8, 4) is 0 Å². The normalized spacial score (nSPS) is 9.56. The van der Waals surface area contributed by atoms with Gasteiger partial charge in [0.1, 0.15) is 6.20 Å². The molecular weight excluding hydrogens is 154 g/mol. The van der Waals surface area contributed by atoms with Gasteiger partial charge in [0.15, 0.2) is 0 Å². The van der Waals surface area contributed by atoms with Crippen LogP contribution in [0.1, 0.15) is 0 Å². The number of rotatable bonds is 1. The van der Waals surface area contributed by atoms with E-state index in [1.165, 1.54) is 0 Å². The fraction of sp³-hybridized carbons (Fsp3) is 0.167. The molecule has 0 fully saturated rings. The average molecular weight is 159 g/mol. The Kier molecular flexibility index (Phi) is 2.37. The van der Waals surface area contributed by atoms with Crippen molar-refractivity contribution in [2.45, 2.75) is 4.90 Å². The number of aromatic nitrogens is 1. The Bertz CT molecular complexity index is 202. The molecule has 1 aromatic heterocycles. The molecule has 1 radical (unpaired) electrons. The summed E-state index contributed by atoms with van der Waals surface area (Å²) in [6, 6.07) is 1.83. The highest BCUT2D eigenvalue weighted by molar-refractivity contribution is 7.98. The standard InChI is InChI=1S/C6H5ClNS/c1-9-6-2-5(7)3-8-4-6/h2,4H,1H3. The van der Waals surface area contributed by atoms with Gasteiger partial charge in [-0.25, -0.2) is 0 Å². The summed E-state index contributed by atoms with van der Waals surface area (Å²) in [5, 5.41) is 0.571. The smallest absolute Gasteiger partial charge is 0.109 e. The first-order valence-electron chi connectivity index (χ1n) is 2.40. The van der Waals surface area contributed by atoms with E-state index in [-0.39, 0.29) is 0 Å². The third-order valence-electron chi connectivity index (χ3n) is 0.868. The van der Waals surface area contributed by atoms with E-state index in [0.29, 0.717) is 5.02 Å². The summed E-state index contributed by atoms with van der Waals surface area (Å²) in [5.74, 6) is 0. The Balaban J connectivity index is 2.94. The van der Waals surface area contributed by atoms with Crippen LogP contribution in [-0.4, -0.2) is 11.2 Å². The molecule has 9 heavy (non-hydrogen) atoms. The van der Waals surface area contributed by atoms with Crippen molar-refractivity contribution in [1.82, 2.24) is 4.98 Å². The first-order valence-corrected chi connectivity index (χ1v) is 4.00. The molecule has 0 spiro atoms. The third kappa shape index (κ3) is 1.88. The van der Waals surface area contributed by atoms with Crippen LogP contribution in [0.25, 0.3) is 0 Å². The van der Waals surface area contributed by atoms with Crippen LogP contribution in [-0.2, 0) is 0 Å². The molecule has 0 amide bonds.